The fourth-order valence-electron chi connectivity index (χ4n) is 8.22. The van der Waals surface area contributed by atoms with Crippen molar-refractivity contribution in [1.29, 1.82) is 0 Å². The van der Waals surface area contributed by atoms with Crippen molar-refractivity contribution >= 4 is 5.97 Å². The fourth-order valence-corrected chi connectivity index (χ4v) is 8.22. The molecule has 3 fully saturated rings. The van der Waals surface area contributed by atoms with E-state index in [-0.39, 0.29) is 30.9 Å². The molecule has 0 aromatic heterocycles. The lowest BCUT2D eigenvalue weighted by Crippen LogP contribution is -2.59. The summed E-state index contributed by atoms with van der Waals surface area (Å²) in [5.74, 6) is -0.680. The van der Waals surface area contributed by atoms with Gasteiger partial charge in [-0.3, -0.25) is 4.79 Å². The highest BCUT2D eigenvalue weighted by molar-refractivity contribution is 5.70. The van der Waals surface area contributed by atoms with E-state index in [4.69, 9.17) is 33.2 Å². The topological polar surface area (TPSA) is 146 Å². The number of carbonyl (C=O) groups is 1. The Morgan fingerprint density at radius 2 is 1.71 bits per heavy atom. The van der Waals surface area contributed by atoms with Crippen LogP contribution in [0.4, 0.5) is 0 Å². The van der Waals surface area contributed by atoms with Gasteiger partial charge in [0.25, 0.3) is 0 Å². The zero-order valence-electron chi connectivity index (χ0n) is 31.4. The second kappa shape index (κ2) is 14.7. The Balaban J connectivity index is 1.78. The van der Waals surface area contributed by atoms with Gasteiger partial charge in [-0.15, -0.1) is 0 Å². The SMILES string of the molecule is COC1(C)CC(OC2CC(=O)OC(C(C)(C)C(C)O)[C@@H](C)C3=C(C)CC(C)(O3)C(OC3O[C@H](C)CC(N(C)C)C3O)[C@H]2C)O[C@@H](C)C1O. The van der Waals surface area contributed by atoms with E-state index in [1.807, 2.05) is 74.4 Å². The third-order valence-electron chi connectivity index (χ3n) is 11.7. The summed E-state index contributed by atoms with van der Waals surface area (Å²) in [6.07, 6.45) is -6.14. The maximum absolute atomic E-state index is 14.0. The van der Waals surface area contributed by atoms with Gasteiger partial charge >= 0.3 is 5.97 Å². The highest BCUT2D eigenvalue weighted by atomic mass is 16.7. The van der Waals surface area contributed by atoms with E-state index in [0.717, 1.165) is 5.57 Å². The molecule has 4 aliphatic rings. The molecule has 3 saturated heterocycles. The number of fused-ring (bicyclic) bond motifs is 2. The van der Waals surface area contributed by atoms with Crippen LogP contribution < -0.4 is 0 Å². The summed E-state index contributed by atoms with van der Waals surface area (Å²) in [5, 5.41) is 33.2. The summed E-state index contributed by atoms with van der Waals surface area (Å²) in [5.41, 5.74) is -1.70. The van der Waals surface area contributed by atoms with E-state index < -0.39 is 83.8 Å². The van der Waals surface area contributed by atoms with Crippen LogP contribution in [0.25, 0.3) is 0 Å². The minimum absolute atomic E-state index is 0.139. The summed E-state index contributed by atoms with van der Waals surface area (Å²) < 4.78 is 44.8. The molecule has 0 spiro atoms. The van der Waals surface area contributed by atoms with E-state index in [1.54, 1.807) is 21.0 Å². The second-order valence-corrected chi connectivity index (χ2v) is 16.2. The van der Waals surface area contributed by atoms with Gasteiger partial charge in [0, 0.05) is 37.3 Å². The number of ether oxygens (including phenoxy) is 7. The van der Waals surface area contributed by atoms with Crippen LogP contribution in [0.5, 0.6) is 0 Å². The van der Waals surface area contributed by atoms with Gasteiger partial charge in [-0.05, 0) is 67.6 Å². The average Bonchev–Trinajstić information content (AvgIpc) is 3.31. The fraction of sp³-hybridized carbons (Fsp3) is 0.917. The van der Waals surface area contributed by atoms with Gasteiger partial charge in [0.15, 0.2) is 12.6 Å². The molecule has 0 radical (unpaired) electrons. The Bertz CT molecular complexity index is 1160. The lowest BCUT2D eigenvalue weighted by molar-refractivity contribution is -0.313. The predicted octanol–water partition coefficient (Wildman–Crippen LogP) is 3.53. The van der Waals surface area contributed by atoms with Crippen molar-refractivity contribution in [2.45, 2.75) is 174 Å². The normalized spacial score (nSPS) is 45.4. The largest absolute Gasteiger partial charge is 0.488 e. The molecule has 15 atom stereocenters. The Kier molecular flexibility index (Phi) is 12.1. The van der Waals surface area contributed by atoms with Crippen molar-refractivity contribution in [3.05, 3.63) is 11.3 Å². The Morgan fingerprint density at radius 1 is 1.06 bits per heavy atom. The van der Waals surface area contributed by atoms with Crippen LogP contribution in [0.15, 0.2) is 11.3 Å². The molecule has 48 heavy (non-hydrogen) atoms. The molecule has 4 aliphatic heterocycles. The summed E-state index contributed by atoms with van der Waals surface area (Å²) in [6.45, 7) is 18.9. The first-order valence-corrected chi connectivity index (χ1v) is 17.6. The monoisotopic (exact) mass is 685 g/mol. The third-order valence-corrected chi connectivity index (χ3v) is 11.7. The summed E-state index contributed by atoms with van der Waals surface area (Å²) in [6, 6.07) is -0.190. The highest BCUT2D eigenvalue weighted by Gasteiger charge is 2.55. The number of carbonyl (C=O) groups excluding carboxylic acids is 1. The molecule has 4 rings (SSSR count). The van der Waals surface area contributed by atoms with Crippen molar-refractivity contribution in [2.75, 3.05) is 21.2 Å². The Hall–Kier alpha value is -1.35. The lowest BCUT2D eigenvalue weighted by Gasteiger charge is -2.48. The van der Waals surface area contributed by atoms with Gasteiger partial charge in [0.05, 0.1) is 42.4 Å². The first-order valence-electron chi connectivity index (χ1n) is 17.6. The van der Waals surface area contributed by atoms with Gasteiger partial charge < -0.3 is 53.4 Å². The minimum Gasteiger partial charge on any atom is -0.488 e. The van der Waals surface area contributed by atoms with Gasteiger partial charge in [-0.2, -0.15) is 0 Å². The number of hydrogen-bond acceptors (Lipinski definition) is 12. The number of likely N-dealkylation sites (N-methyl/N-ethyl adjacent to an activating group) is 1. The highest BCUT2D eigenvalue weighted by Crippen LogP contribution is 2.48. The van der Waals surface area contributed by atoms with E-state index in [2.05, 4.69) is 0 Å². The first kappa shape index (κ1) is 39.4. The number of cyclic esters (lactones) is 1. The predicted molar refractivity (Wildman–Crippen MR) is 178 cm³/mol. The molecule has 2 bridgehead atoms. The van der Waals surface area contributed by atoms with E-state index in [9.17, 15) is 20.1 Å². The second-order valence-electron chi connectivity index (χ2n) is 16.2. The van der Waals surface area contributed by atoms with Crippen molar-refractivity contribution in [1.82, 2.24) is 4.90 Å². The smallest absolute Gasteiger partial charge is 0.308 e. The van der Waals surface area contributed by atoms with Crippen LogP contribution in [0.1, 0.15) is 94.9 Å². The quantitative estimate of drug-likeness (QED) is 0.322. The molecule has 0 amide bonds. The van der Waals surface area contributed by atoms with Gasteiger partial charge in [-0.1, -0.05) is 27.7 Å². The van der Waals surface area contributed by atoms with Crippen molar-refractivity contribution in [3.8, 4) is 0 Å². The lowest BCUT2D eigenvalue weighted by atomic mass is 9.75. The van der Waals surface area contributed by atoms with E-state index in [0.29, 0.717) is 18.6 Å². The van der Waals surface area contributed by atoms with Crippen LogP contribution in [-0.2, 0) is 38.0 Å². The summed E-state index contributed by atoms with van der Waals surface area (Å²) in [7, 11) is 5.40. The molecule has 0 aliphatic carbocycles. The standard InChI is InChI=1S/C36H63NO11/c1-18-16-36(10)32(47-33-28(40)24(37(11)12)14-19(2)43-33)20(3)25(45-27-17-35(9,42-13)30(41)22(5)44-27)15-26(39)46-31(21(4)29(18)48-36)34(7,8)23(6)38/h19-25,27-28,30-33,38,40-41H,14-17H2,1-13H3/t19-,20+,21+,22+,23?,24?,25?,27?,28?,30?,31?,32?,33?,35?,36?/m1/s1. The maximum Gasteiger partial charge on any atom is 0.308 e. The van der Waals surface area contributed by atoms with Crippen LogP contribution in [0.3, 0.4) is 0 Å². The van der Waals surface area contributed by atoms with Gasteiger partial charge in [0.1, 0.15) is 35.8 Å². The number of esters is 1. The zero-order chi connectivity index (χ0) is 36.1. The summed E-state index contributed by atoms with van der Waals surface area (Å²) >= 11 is 0. The number of rotatable bonds is 8. The number of aliphatic hydroxyl groups is 3. The summed E-state index contributed by atoms with van der Waals surface area (Å²) in [4.78, 5) is 15.9. The zero-order valence-corrected chi connectivity index (χ0v) is 31.4. The van der Waals surface area contributed by atoms with E-state index >= 15 is 0 Å². The van der Waals surface area contributed by atoms with Crippen LogP contribution in [0.2, 0.25) is 0 Å². The van der Waals surface area contributed by atoms with Crippen molar-refractivity contribution in [3.63, 3.8) is 0 Å². The van der Waals surface area contributed by atoms with Crippen LogP contribution in [0, 0.1) is 17.3 Å². The van der Waals surface area contributed by atoms with Gasteiger partial charge in [0.2, 0.25) is 0 Å². The molecule has 278 valence electrons. The minimum atomic E-state index is -0.965. The van der Waals surface area contributed by atoms with E-state index in [1.165, 1.54) is 0 Å². The molecule has 0 aromatic carbocycles. The molecule has 0 saturated carbocycles. The van der Waals surface area contributed by atoms with Gasteiger partial charge in [-0.25, -0.2) is 0 Å². The van der Waals surface area contributed by atoms with Crippen LogP contribution in [-0.4, -0.2) is 126 Å². The number of methoxy groups -OCH3 is 1. The van der Waals surface area contributed by atoms with Crippen molar-refractivity contribution in [2.24, 2.45) is 17.3 Å². The average molecular weight is 686 g/mol. The molecule has 12 nitrogen and oxygen atoms in total. The molecular formula is C36H63NO11. The van der Waals surface area contributed by atoms with Crippen LogP contribution >= 0.6 is 0 Å². The Labute approximate surface area is 287 Å². The number of nitrogens with zero attached hydrogens (tertiary/aromatic N) is 1. The molecular weight excluding hydrogens is 622 g/mol. The molecule has 4 heterocycles. The molecule has 0 aromatic rings. The molecule has 11 unspecified atom stereocenters. The number of hydrogen-bond donors (Lipinski definition) is 3. The number of aliphatic hydroxyl groups excluding tert-OH is 3. The van der Waals surface area contributed by atoms with Crippen molar-refractivity contribution < 1.29 is 53.3 Å². The molecule has 3 N–H and O–H groups in total. The first-order chi connectivity index (χ1) is 22.1. The Morgan fingerprint density at radius 3 is 2.29 bits per heavy atom. The third kappa shape index (κ3) is 7.77. The maximum atomic E-state index is 14.0. The molecule has 12 heteroatoms.